The third kappa shape index (κ3) is 2.44. The Bertz CT molecular complexity index is 412. The van der Waals surface area contributed by atoms with Gasteiger partial charge in [-0.05, 0) is 23.4 Å². The summed E-state index contributed by atoms with van der Waals surface area (Å²) in [5, 5.41) is 18.3. The van der Waals surface area contributed by atoms with E-state index in [-0.39, 0.29) is 11.1 Å². The molecule has 1 radical (unpaired) electrons. The summed E-state index contributed by atoms with van der Waals surface area (Å²) < 4.78 is 0. The Morgan fingerprint density at radius 1 is 1.13 bits per heavy atom. The summed E-state index contributed by atoms with van der Waals surface area (Å²) in [6.45, 7) is 3.86. The molecule has 0 unspecified atom stereocenters. The van der Waals surface area contributed by atoms with Crippen LogP contribution in [0, 0.1) is 0 Å². The Morgan fingerprint density at radius 2 is 1.73 bits per heavy atom. The molecule has 0 aliphatic carbocycles. The highest BCUT2D eigenvalue weighted by molar-refractivity contribution is 6.72. The Labute approximate surface area is 88.8 Å². The molecule has 0 atom stereocenters. The number of benzene rings is 1. The molecule has 4 nitrogen and oxygen atoms in total. The molecule has 1 aromatic carbocycles. The highest BCUT2D eigenvalue weighted by Gasteiger charge is 2.15. The van der Waals surface area contributed by atoms with Gasteiger partial charge in [-0.2, -0.15) is 0 Å². The molecular weight excluding hydrogens is 212 g/mol. The summed E-state index contributed by atoms with van der Waals surface area (Å²) in [6, 6.07) is 4.14. The quantitative estimate of drug-likeness (QED) is 0.751. The van der Waals surface area contributed by atoms with E-state index in [1.54, 1.807) is 0 Å². The number of hydrogen-bond donors (Lipinski definition) is 2. The first-order valence-corrected chi connectivity index (χ1v) is 6.84. The molecule has 0 spiro atoms. The van der Waals surface area contributed by atoms with Gasteiger partial charge in [-0.15, -0.1) is 0 Å². The lowest BCUT2D eigenvalue weighted by Crippen LogP contribution is -2.30. The van der Waals surface area contributed by atoms with Crippen molar-refractivity contribution in [2.75, 3.05) is 0 Å². The number of hydrogen-bond acceptors (Lipinski definition) is 2. The van der Waals surface area contributed by atoms with Crippen LogP contribution in [0.15, 0.2) is 18.2 Å². The van der Waals surface area contributed by atoms with Crippen molar-refractivity contribution in [1.82, 2.24) is 0 Å². The maximum atomic E-state index is 10.9. The SMILES string of the molecule is C[Si](C)c1cc(C(=O)O)ccc1C(=O)O. The molecule has 0 saturated carbocycles. The molecular formula is C10H11O4Si. The maximum Gasteiger partial charge on any atom is 0.335 e. The molecule has 0 aliphatic rings. The van der Waals surface area contributed by atoms with Crippen LogP contribution < -0.4 is 5.19 Å². The summed E-state index contributed by atoms with van der Waals surface area (Å²) in [5.74, 6) is -2.04. The van der Waals surface area contributed by atoms with Gasteiger partial charge < -0.3 is 10.2 Å². The summed E-state index contributed by atoms with van der Waals surface area (Å²) in [6.07, 6.45) is 0. The molecule has 1 rings (SSSR count). The molecule has 0 amide bonds. The van der Waals surface area contributed by atoms with Crippen molar-refractivity contribution in [2.45, 2.75) is 13.1 Å². The van der Waals surface area contributed by atoms with Gasteiger partial charge in [0.1, 0.15) is 0 Å². The van der Waals surface area contributed by atoms with Gasteiger partial charge in [0.25, 0.3) is 0 Å². The van der Waals surface area contributed by atoms with Gasteiger partial charge in [0.2, 0.25) is 0 Å². The van der Waals surface area contributed by atoms with E-state index in [9.17, 15) is 9.59 Å². The summed E-state index contributed by atoms with van der Waals surface area (Å²) in [7, 11) is -0.986. The van der Waals surface area contributed by atoms with E-state index in [0.29, 0.717) is 5.19 Å². The predicted molar refractivity (Wildman–Crippen MR) is 57.5 cm³/mol. The molecule has 0 saturated heterocycles. The smallest absolute Gasteiger partial charge is 0.335 e. The molecule has 0 bridgehead atoms. The molecule has 0 aromatic heterocycles. The lowest BCUT2D eigenvalue weighted by atomic mass is 10.1. The van der Waals surface area contributed by atoms with E-state index in [1.165, 1.54) is 18.2 Å². The van der Waals surface area contributed by atoms with Gasteiger partial charge >= 0.3 is 11.9 Å². The lowest BCUT2D eigenvalue weighted by Gasteiger charge is -2.09. The van der Waals surface area contributed by atoms with E-state index in [0.717, 1.165) is 0 Å². The first-order chi connectivity index (χ1) is 6.93. The second kappa shape index (κ2) is 4.27. The van der Waals surface area contributed by atoms with Crippen molar-refractivity contribution >= 4 is 25.9 Å². The molecule has 5 heteroatoms. The minimum Gasteiger partial charge on any atom is -0.478 e. The van der Waals surface area contributed by atoms with Crippen LogP contribution in [0.25, 0.3) is 0 Å². The lowest BCUT2D eigenvalue weighted by molar-refractivity contribution is 0.0682. The third-order valence-electron chi connectivity index (χ3n) is 2.04. The van der Waals surface area contributed by atoms with Gasteiger partial charge in [0, 0.05) is 0 Å². The van der Waals surface area contributed by atoms with Crippen LogP contribution in [-0.4, -0.2) is 30.9 Å². The second-order valence-electron chi connectivity index (χ2n) is 3.37. The van der Waals surface area contributed by atoms with Crippen molar-refractivity contribution in [3.63, 3.8) is 0 Å². The van der Waals surface area contributed by atoms with E-state index < -0.39 is 20.7 Å². The highest BCUT2D eigenvalue weighted by atomic mass is 28.3. The zero-order chi connectivity index (χ0) is 11.6. The fraction of sp³-hybridized carbons (Fsp3) is 0.200. The summed E-state index contributed by atoms with van der Waals surface area (Å²) >= 11 is 0. The van der Waals surface area contributed by atoms with E-state index in [1.807, 2.05) is 13.1 Å². The van der Waals surface area contributed by atoms with Gasteiger partial charge in [0.15, 0.2) is 0 Å². The average molecular weight is 223 g/mol. The van der Waals surface area contributed by atoms with Crippen LogP contribution in [0.3, 0.4) is 0 Å². The van der Waals surface area contributed by atoms with Gasteiger partial charge in [-0.25, -0.2) is 9.59 Å². The third-order valence-corrected chi connectivity index (χ3v) is 3.53. The average Bonchev–Trinajstić information content (AvgIpc) is 2.16. The van der Waals surface area contributed by atoms with Gasteiger partial charge in [-0.1, -0.05) is 13.1 Å². The number of carboxylic acid groups (broad SMARTS) is 2. The molecule has 15 heavy (non-hydrogen) atoms. The van der Waals surface area contributed by atoms with Crippen molar-refractivity contribution in [2.24, 2.45) is 0 Å². The Balaban J connectivity index is 3.33. The molecule has 1 aromatic rings. The minimum atomic E-state index is -1.03. The molecule has 0 aliphatic heterocycles. The van der Waals surface area contributed by atoms with Gasteiger partial charge in [0.05, 0.1) is 19.9 Å². The second-order valence-corrected chi connectivity index (χ2v) is 5.91. The zero-order valence-corrected chi connectivity index (χ0v) is 9.44. The Kier molecular flexibility index (Phi) is 3.26. The first-order valence-electron chi connectivity index (χ1n) is 4.34. The topological polar surface area (TPSA) is 74.6 Å². The van der Waals surface area contributed by atoms with Gasteiger partial charge in [-0.3, -0.25) is 0 Å². The normalized spacial score (nSPS) is 10.3. The predicted octanol–water partition coefficient (Wildman–Crippen LogP) is 1.04. The maximum absolute atomic E-state index is 10.9. The van der Waals surface area contributed by atoms with Crippen LogP contribution in [0.4, 0.5) is 0 Å². The fourth-order valence-electron chi connectivity index (χ4n) is 1.28. The van der Waals surface area contributed by atoms with E-state index in [2.05, 4.69) is 0 Å². The largest absolute Gasteiger partial charge is 0.478 e. The Morgan fingerprint density at radius 3 is 2.13 bits per heavy atom. The fourth-order valence-corrected chi connectivity index (χ4v) is 2.45. The van der Waals surface area contributed by atoms with Crippen molar-refractivity contribution in [1.29, 1.82) is 0 Å². The number of carboxylic acids is 2. The summed E-state index contributed by atoms with van der Waals surface area (Å²) in [4.78, 5) is 21.6. The highest BCUT2D eigenvalue weighted by Crippen LogP contribution is 2.04. The van der Waals surface area contributed by atoms with Crippen LogP contribution in [0.2, 0.25) is 13.1 Å². The number of aromatic carboxylic acids is 2. The standard InChI is InChI=1S/C10H11O4Si/c1-15(2)8-5-6(9(11)12)3-4-7(8)10(13)14/h3-5H,1-2H3,(H,11,12)(H,13,14). The van der Waals surface area contributed by atoms with E-state index >= 15 is 0 Å². The molecule has 0 heterocycles. The van der Waals surface area contributed by atoms with Crippen molar-refractivity contribution in [3.05, 3.63) is 29.3 Å². The monoisotopic (exact) mass is 223 g/mol. The van der Waals surface area contributed by atoms with E-state index in [4.69, 9.17) is 10.2 Å². The summed E-state index contributed by atoms with van der Waals surface area (Å²) in [5.41, 5.74) is 0.347. The van der Waals surface area contributed by atoms with Crippen LogP contribution in [-0.2, 0) is 0 Å². The minimum absolute atomic E-state index is 0.140. The van der Waals surface area contributed by atoms with Crippen molar-refractivity contribution in [3.8, 4) is 0 Å². The van der Waals surface area contributed by atoms with Crippen molar-refractivity contribution < 1.29 is 19.8 Å². The molecule has 2 N–H and O–H groups in total. The molecule has 79 valence electrons. The first kappa shape index (κ1) is 11.5. The molecule has 0 fully saturated rings. The van der Waals surface area contributed by atoms with Crippen LogP contribution in [0.1, 0.15) is 20.7 Å². The number of carbonyl (C=O) groups is 2. The van der Waals surface area contributed by atoms with Crippen LogP contribution in [0.5, 0.6) is 0 Å². The Hall–Kier alpha value is -1.62. The number of rotatable bonds is 3. The zero-order valence-electron chi connectivity index (χ0n) is 8.44. The van der Waals surface area contributed by atoms with Crippen LogP contribution >= 0.6 is 0 Å².